The van der Waals surface area contributed by atoms with Gasteiger partial charge in [0.15, 0.2) is 0 Å². The van der Waals surface area contributed by atoms with E-state index >= 15 is 0 Å². The molecule has 0 bridgehead atoms. The van der Waals surface area contributed by atoms with E-state index in [-0.39, 0.29) is 5.41 Å². The highest BCUT2D eigenvalue weighted by atomic mass is 16.1. The Bertz CT molecular complexity index is 494. The van der Waals surface area contributed by atoms with E-state index in [1.807, 2.05) is 6.07 Å². The van der Waals surface area contributed by atoms with Gasteiger partial charge in [0.25, 0.3) is 0 Å². The number of hydrogen-bond acceptors (Lipinski definition) is 3. The summed E-state index contributed by atoms with van der Waals surface area (Å²) in [5, 5.41) is 8.03. The van der Waals surface area contributed by atoms with Gasteiger partial charge in [0, 0.05) is 18.2 Å². The van der Waals surface area contributed by atoms with Crippen LogP contribution in [0, 0.1) is 11.3 Å². The lowest BCUT2D eigenvalue weighted by atomic mass is 9.72. The summed E-state index contributed by atoms with van der Waals surface area (Å²) in [6.07, 6.45) is 8.59. The maximum atomic E-state index is 12.8. The summed E-state index contributed by atoms with van der Waals surface area (Å²) >= 11 is 0. The summed E-state index contributed by atoms with van der Waals surface area (Å²) in [5.74, 6) is 0.746. The van der Waals surface area contributed by atoms with Crippen molar-refractivity contribution >= 4 is 5.78 Å². The van der Waals surface area contributed by atoms with Gasteiger partial charge in [-0.05, 0) is 37.8 Å². The maximum absolute atomic E-state index is 12.8. The van der Waals surface area contributed by atoms with Gasteiger partial charge in [0.1, 0.15) is 5.78 Å². The van der Waals surface area contributed by atoms with E-state index in [0.29, 0.717) is 24.2 Å². The number of aromatic nitrogens is 2. The van der Waals surface area contributed by atoms with Crippen LogP contribution in [-0.2, 0) is 11.2 Å². The summed E-state index contributed by atoms with van der Waals surface area (Å²) < 4.78 is 2.09. The molecule has 1 saturated heterocycles. The molecule has 1 aromatic heterocycles. The molecule has 1 aliphatic heterocycles. The SMILES string of the molecule is CC(C)C1(C(=O)Cc2ccn(C3CCCC3)n2)CCNC1. The molecule has 0 aromatic carbocycles. The lowest BCUT2D eigenvalue weighted by Gasteiger charge is -2.30. The van der Waals surface area contributed by atoms with Crippen molar-refractivity contribution in [3.63, 3.8) is 0 Å². The molecule has 1 unspecified atom stereocenters. The van der Waals surface area contributed by atoms with Crippen LogP contribution in [0.25, 0.3) is 0 Å². The van der Waals surface area contributed by atoms with E-state index < -0.39 is 0 Å². The van der Waals surface area contributed by atoms with Crippen molar-refractivity contribution in [2.75, 3.05) is 13.1 Å². The van der Waals surface area contributed by atoms with Gasteiger partial charge in [0.2, 0.25) is 0 Å². The van der Waals surface area contributed by atoms with E-state index in [1.54, 1.807) is 0 Å². The minimum absolute atomic E-state index is 0.183. The molecule has 1 atom stereocenters. The number of Topliss-reactive ketones (excluding diaryl/α,β-unsaturated/α-hetero) is 1. The zero-order valence-electron chi connectivity index (χ0n) is 13.3. The molecule has 3 rings (SSSR count). The summed E-state index contributed by atoms with van der Waals surface area (Å²) in [5.41, 5.74) is 0.760. The Kier molecular flexibility index (Phi) is 4.16. The fourth-order valence-electron chi connectivity index (χ4n) is 3.95. The van der Waals surface area contributed by atoms with Crippen molar-refractivity contribution in [3.05, 3.63) is 18.0 Å². The number of rotatable bonds is 5. The van der Waals surface area contributed by atoms with Gasteiger partial charge in [-0.25, -0.2) is 0 Å². The van der Waals surface area contributed by atoms with Crippen molar-refractivity contribution in [2.45, 2.75) is 58.4 Å². The molecule has 1 saturated carbocycles. The van der Waals surface area contributed by atoms with Crippen LogP contribution in [0.1, 0.15) is 57.7 Å². The molecule has 116 valence electrons. The zero-order chi connectivity index (χ0) is 14.9. The van der Waals surface area contributed by atoms with Crippen molar-refractivity contribution in [3.8, 4) is 0 Å². The van der Waals surface area contributed by atoms with Crippen LogP contribution in [0.4, 0.5) is 0 Å². The summed E-state index contributed by atoms with van der Waals surface area (Å²) in [6.45, 7) is 6.12. The molecule has 1 aliphatic carbocycles. The number of nitrogens with zero attached hydrogens (tertiary/aromatic N) is 2. The van der Waals surface area contributed by atoms with Crippen LogP contribution >= 0.6 is 0 Å². The van der Waals surface area contributed by atoms with Crippen LogP contribution in [0.15, 0.2) is 12.3 Å². The second-order valence-electron chi connectivity index (χ2n) is 7.06. The van der Waals surface area contributed by atoms with E-state index in [4.69, 9.17) is 0 Å². The zero-order valence-corrected chi connectivity index (χ0v) is 13.3. The molecular weight excluding hydrogens is 262 g/mol. The van der Waals surface area contributed by atoms with Crippen molar-refractivity contribution in [2.24, 2.45) is 11.3 Å². The lowest BCUT2D eigenvalue weighted by Crippen LogP contribution is -2.39. The largest absolute Gasteiger partial charge is 0.316 e. The summed E-state index contributed by atoms with van der Waals surface area (Å²) in [4.78, 5) is 12.8. The molecule has 1 N–H and O–H groups in total. The topological polar surface area (TPSA) is 46.9 Å². The molecule has 1 aromatic rings. The predicted molar refractivity (Wildman–Crippen MR) is 83.2 cm³/mol. The molecule has 0 amide bonds. The third-order valence-electron chi connectivity index (χ3n) is 5.55. The first-order chi connectivity index (χ1) is 10.1. The molecular formula is C17H27N3O. The smallest absolute Gasteiger partial charge is 0.146 e. The molecule has 0 radical (unpaired) electrons. The van der Waals surface area contributed by atoms with Gasteiger partial charge in [-0.15, -0.1) is 0 Å². The highest BCUT2D eigenvalue weighted by Gasteiger charge is 2.43. The average molecular weight is 289 g/mol. The van der Waals surface area contributed by atoms with Gasteiger partial charge in [-0.2, -0.15) is 5.10 Å². The summed E-state index contributed by atoms with van der Waals surface area (Å²) in [7, 11) is 0. The van der Waals surface area contributed by atoms with Crippen LogP contribution in [-0.4, -0.2) is 28.7 Å². The first-order valence-electron chi connectivity index (χ1n) is 8.40. The van der Waals surface area contributed by atoms with Crippen LogP contribution in [0.2, 0.25) is 0 Å². The van der Waals surface area contributed by atoms with Crippen LogP contribution in [0.3, 0.4) is 0 Å². The molecule has 4 heteroatoms. The molecule has 0 spiro atoms. The van der Waals surface area contributed by atoms with Crippen molar-refractivity contribution in [1.82, 2.24) is 15.1 Å². The van der Waals surface area contributed by atoms with E-state index in [9.17, 15) is 4.79 Å². The van der Waals surface area contributed by atoms with Gasteiger partial charge in [-0.1, -0.05) is 26.7 Å². The first kappa shape index (κ1) is 14.8. The van der Waals surface area contributed by atoms with Gasteiger partial charge in [0.05, 0.1) is 18.2 Å². The minimum Gasteiger partial charge on any atom is -0.316 e. The van der Waals surface area contributed by atoms with Crippen LogP contribution in [0.5, 0.6) is 0 Å². The quantitative estimate of drug-likeness (QED) is 0.906. The highest BCUT2D eigenvalue weighted by molar-refractivity contribution is 5.87. The van der Waals surface area contributed by atoms with E-state index in [0.717, 1.165) is 25.2 Å². The normalized spacial score (nSPS) is 26.8. The second kappa shape index (κ2) is 5.91. The van der Waals surface area contributed by atoms with Gasteiger partial charge in [-0.3, -0.25) is 9.48 Å². The second-order valence-corrected chi connectivity index (χ2v) is 7.06. The minimum atomic E-state index is -0.183. The lowest BCUT2D eigenvalue weighted by molar-refractivity contribution is -0.129. The Balaban J connectivity index is 1.69. The summed E-state index contributed by atoms with van der Waals surface area (Å²) in [6, 6.07) is 2.59. The van der Waals surface area contributed by atoms with Crippen LogP contribution < -0.4 is 5.32 Å². The Morgan fingerprint density at radius 2 is 2.24 bits per heavy atom. The Hall–Kier alpha value is -1.16. The van der Waals surface area contributed by atoms with Gasteiger partial charge < -0.3 is 5.32 Å². The fourth-order valence-corrected chi connectivity index (χ4v) is 3.95. The third kappa shape index (κ3) is 2.78. The fraction of sp³-hybridized carbons (Fsp3) is 0.765. The first-order valence-corrected chi connectivity index (χ1v) is 8.40. The molecule has 2 fully saturated rings. The monoisotopic (exact) mass is 289 g/mol. The molecule has 2 heterocycles. The average Bonchev–Trinajstić information content (AvgIpc) is 3.20. The molecule has 4 nitrogen and oxygen atoms in total. The number of nitrogens with one attached hydrogen (secondary N) is 1. The molecule has 2 aliphatic rings. The number of hydrogen-bond donors (Lipinski definition) is 1. The van der Waals surface area contributed by atoms with E-state index in [2.05, 4.69) is 35.1 Å². The Morgan fingerprint density at radius 1 is 1.48 bits per heavy atom. The third-order valence-corrected chi connectivity index (χ3v) is 5.55. The van der Waals surface area contributed by atoms with E-state index in [1.165, 1.54) is 25.7 Å². The number of carbonyl (C=O) groups is 1. The van der Waals surface area contributed by atoms with Crippen molar-refractivity contribution < 1.29 is 4.79 Å². The predicted octanol–water partition coefficient (Wildman–Crippen LogP) is 2.75. The maximum Gasteiger partial charge on any atom is 0.146 e. The van der Waals surface area contributed by atoms with Gasteiger partial charge >= 0.3 is 0 Å². The Labute approximate surface area is 127 Å². The number of ketones is 1. The standard InChI is InChI=1S/C17H27N3O/c1-13(2)17(8-9-18-12-17)16(21)11-14-7-10-20(19-14)15-5-3-4-6-15/h7,10,13,15,18H,3-6,8-9,11-12H2,1-2H3. The molecule has 21 heavy (non-hydrogen) atoms. The Morgan fingerprint density at radius 3 is 2.86 bits per heavy atom. The number of carbonyl (C=O) groups excluding carboxylic acids is 1. The van der Waals surface area contributed by atoms with Crippen molar-refractivity contribution in [1.29, 1.82) is 0 Å². The highest BCUT2D eigenvalue weighted by Crippen LogP contribution is 2.36.